The summed E-state index contributed by atoms with van der Waals surface area (Å²) in [6.45, 7) is 0.475. The maximum Gasteiger partial charge on any atom is 0.157 e. The first-order valence-electron chi connectivity index (χ1n) is 17.3. The predicted molar refractivity (Wildman–Crippen MR) is 216 cm³/mol. The number of allylic oxidation sites excluding steroid dienone is 2. The summed E-state index contributed by atoms with van der Waals surface area (Å²) < 4.78 is 4.87. The van der Waals surface area contributed by atoms with Crippen molar-refractivity contribution in [3.05, 3.63) is 180 Å². The van der Waals surface area contributed by atoms with Crippen molar-refractivity contribution in [3.63, 3.8) is 0 Å². The molecular formula is C45H33N5S. The van der Waals surface area contributed by atoms with Crippen molar-refractivity contribution in [3.8, 4) is 5.69 Å². The third-order valence-corrected chi connectivity index (χ3v) is 11.3. The monoisotopic (exact) mass is 675 g/mol. The van der Waals surface area contributed by atoms with Crippen molar-refractivity contribution < 1.29 is 0 Å². The number of hydrogen-bond acceptors (Lipinski definition) is 3. The second-order valence-electron chi connectivity index (χ2n) is 13.2. The third kappa shape index (κ3) is 4.98. The fourth-order valence-corrected chi connectivity index (χ4v) is 8.88. The highest BCUT2D eigenvalue weighted by atomic mass is 32.1. The van der Waals surface area contributed by atoms with Crippen LogP contribution in [-0.2, 0) is 6.54 Å². The molecule has 1 aliphatic heterocycles. The first kappa shape index (κ1) is 29.7. The van der Waals surface area contributed by atoms with E-state index in [1.54, 1.807) is 11.3 Å². The van der Waals surface area contributed by atoms with Crippen LogP contribution < -0.4 is 11.1 Å². The zero-order valence-electron chi connectivity index (χ0n) is 27.7. The van der Waals surface area contributed by atoms with Gasteiger partial charge in [-0.2, -0.15) is 0 Å². The molecule has 10 rings (SSSR count). The van der Waals surface area contributed by atoms with Gasteiger partial charge in [0.25, 0.3) is 0 Å². The van der Waals surface area contributed by atoms with Gasteiger partial charge in [0, 0.05) is 53.7 Å². The predicted octanol–water partition coefficient (Wildman–Crippen LogP) is 10.5. The van der Waals surface area contributed by atoms with Crippen molar-refractivity contribution in [1.82, 2.24) is 4.57 Å². The Bertz CT molecular complexity index is 2760. The zero-order chi connectivity index (χ0) is 33.9. The second-order valence-corrected chi connectivity index (χ2v) is 14.3. The highest BCUT2D eigenvalue weighted by Crippen LogP contribution is 2.46. The van der Waals surface area contributed by atoms with Crippen LogP contribution in [0.1, 0.15) is 28.2 Å². The van der Waals surface area contributed by atoms with E-state index in [0.29, 0.717) is 24.1 Å². The lowest BCUT2D eigenvalue weighted by Gasteiger charge is -2.15. The van der Waals surface area contributed by atoms with E-state index in [4.69, 9.17) is 15.7 Å². The molecule has 8 aromatic rings. The Morgan fingerprint density at radius 3 is 2.31 bits per heavy atom. The summed E-state index contributed by atoms with van der Waals surface area (Å²) >= 11 is 1.78. The maximum absolute atomic E-state index is 6.69. The lowest BCUT2D eigenvalue weighted by atomic mass is 9.91. The van der Waals surface area contributed by atoms with E-state index < -0.39 is 0 Å². The van der Waals surface area contributed by atoms with Gasteiger partial charge in [0.15, 0.2) is 5.84 Å². The third-order valence-electron chi connectivity index (χ3n) is 10.2. The molecule has 0 saturated heterocycles. The van der Waals surface area contributed by atoms with Gasteiger partial charge in [-0.05, 0) is 41.5 Å². The minimum atomic E-state index is 0.275. The van der Waals surface area contributed by atoms with E-state index in [1.807, 2.05) is 30.3 Å². The summed E-state index contributed by atoms with van der Waals surface area (Å²) in [5, 5.41) is 8.87. The molecule has 0 fully saturated rings. The topological polar surface area (TPSA) is 67.7 Å². The average Bonchev–Trinajstić information content (AvgIpc) is 3.86. The minimum Gasteiger partial charge on any atom is -0.383 e. The molecule has 0 amide bonds. The van der Waals surface area contributed by atoms with Gasteiger partial charge in [-0.15, -0.1) is 11.3 Å². The summed E-state index contributed by atoms with van der Waals surface area (Å²) in [6, 6.07) is 47.3. The number of rotatable bonds is 5. The molecule has 2 unspecified atom stereocenters. The van der Waals surface area contributed by atoms with Crippen molar-refractivity contribution in [2.24, 2.45) is 15.7 Å². The largest absolute Gasteiger partial charge is 0.383 e. The Balaban J connectivity index is 1.00. The Hall–Kier alpha value is -6.24. The number of nitrogens with two attached hydrogens (primary N) is 1. The Kier molecular flexibility index (Phi) is 6.96. The van der Waals surface area contributed by atoms with Gasteiger partial charge in [0.2, 0.25) is 0 Å². The van der Waals surface area contributed by atoms with Gasteiger partial charge in [-0.25, -0.2) is 4.99 Å². The standard InChI is InChI=1S/C45H33N5S/c46-44(30-20-23-35-34-14-6-9-17-40(34)51-41(35)26-30)49-45(29-10-2-1-3-11-29)47-27-28-18-21-31(22-19-28)50-39-16-8-5-13-33(39)37-25-24-36-32-12-4-7-15-38(32)48-42(36)43(37)50/h1-26,32,38,48H,27H2,(H2,46,47,49). The van der Waals surface area contributed by atoms with Crippen LogP contribution in [0, 0.1) is 0 Å². The van der Waals surface area contributed by atoms with E-state index in [-0.39, 0.29) is 6.04 Å². The molecule has 0 spiro atoms. The van der Waals surface area contributed by atoms with Crippen LogP contribution in [0.4, 0.5) is 5.69 Å². The highest BCUT2D eigenvalue weighted by molar-refractivity contribution is 7.25. The molecule has 2 aliphatic rings. The van der Waals surface area contributed by atoms with E-state index in [1.165, 1.54) is 53.2 Å². The Labute approximate surface area is 299 Å². The lowest BCUT2D eigenvalue weighted by molar-refractivity contribution is 0.805. The summed E-state index contributed by atoms with van der Waals surface area (Å²) in [6.07, 6.45) is 8.88. The van der Waals surface area contributed by atoms with E-state index >= 15 is 0 Å². The number of benzene rings is 6. The van der Waals surface area contributed by atoms with Crippen LogP contribution >= 0.6 is 11.3 Å². The molecule has 0 radical (unpaired) electrons. The van der Waals surface area contributed by atoms with Crippen molar-refractivity contribution in [2.45, 2.75) is 18.5 Å². The van der Waals surface area contributed by atoms with Crippen LogP contribution in [-0.4, -0.2) is 22.3 Å². The smallest absolute Gasteiger partial charge is 0.157 e. The Morgan fingerprint density at radius 1 is 0.686 bits per heavy atom. The molecule has 3 heterocycles. The number of nitrogens with zero attached hydrogens (tertiary/aromatic N) is 3. The molecule has 2 atom stereocenters. The number of hydrogen-bond donors (Lipinski definition) is 2. The molecule has 244 valence electrons. The molecule has 0 saturated carbocycles. The molecule has 1 aliphatic carbocycles. The first-order valence-corrected chi connectivity index (χ1v) is 18.1. The summed E-state index contributed by atoms with van der Waals surface area (Å²) in [7, 11) is 0. The van der Waals surface area contributed by atoms with Crippen molar-refractivity contribution >= 4 is 70.7 Å². The van der Waals surface area contributed by atoms with Gasteiger partial charge < -0.3 is 15.6 Å². The van der Waals surface area contributed by atoms with Crippen LogP contribution in [0.3, 0.4) is 0 Å². The number of fused-ring (bicyclic) bond motifs is 10. The number of aromatic nitrogens is 1. The molecule has 6 aromatic carbocycles. The fourth-order valence-electron chi connectivity index (χ4n) is 7.74. The second kappa shape index (κ2) is 12.0. The SMILES string of the molecule is N/C(=N\C(=N/Cc1ccc(-n2c3ccccc3c3ccc4c(c32)NC2C=CC=CC42)cc1)c1ccccc1)c1ccc2c(c1)sc1ccccc12. The van der Waals surface area contributed by atoms with Gasteiger partial charge >= 0.3 is 0 Å². The highest BCUT2D eigenvalue weighted by Gasteiger charge is 2.32. The quantitative estimate of drug-likeness (QED) is 0.141. The van der Waals surface area contributed by atoms with Gasteiger partial charge in [0.1, 0.15) is 5.84 Å². The number of nitrogens with one attached hydrogen (secondary N) is 1. The molecular weight excluding hydrogens is 643 g/mol. The van der Waals surface area contributed by atoms with Crippen molar-refractivity contribution in [2.75, 3.05) is 5.32 Å². The summed E-state index contributed by atoms with van der Waals surface area (Å²) in [5.41, 5.74) is 15.7. The van der Waals surface area contributed by atoms with Crippen LogP contribution in [0.2, 0.25) is 0 Å². The maximum atomic E-state index is 6.69. The summed E-state index contributed by atoms with van der Waals surface area (Å²) in [4.78, 5) is 9.94. The number of para-hydroxylation sites is 1. The van der Waals surface area contributed by atoms with Gasteiger partial charge in [0.05, 0.1) is 29.3 Å². The zero-order valence-corrected chi connectivity index (χ0v) is 28.5. The molecule has 5 nitrogen and oxygen atoms in total. The fraction of sp³-hybridized carbons (Fsp3) is 0.0667. The molecule has 2 aromatic heterocycles. The first-order chi connectivity index (χ1) is 25.2. The lowest BCUT2D eigenvalue weighted by Crippen LogP contribution is -2.17. The average molecular weight is 676 g/mol. The number of anilines is 1. The van der Waals surface area contributed by atoms with E-state index in [9.17, 15) is 0 Å². The molecule has 3 N–H and O–H groups in total. The molecule has 6 heteroatoms. The van der Waals surface area contributed by atoms with Gasteiger partial charge in [-0.3, -0.25) is 4.99 Å². The molecule has 51 heavy (non-hydrogen) atoms. The van der Waals surface area contributed by atoms with E-state index in [2.05, 4.69) is 137 Å². The number of aliphatic imine (C=N–C) groups is 2. The number of amidine groups is 2. The van der Waals surface area contributed by atoms with Crippen molar-refractivity contribution in [1.29, 1.82) is 0 Å². The normalized spacial score (nSPS) is 17.0. The van der Waals surface area contributed by atoms with E-state index in [0.717, 1.165) is 22.4 Å². The summed E-state index contributed by atoms with van der Waals surface area (Å²) in [5.74, 6) is 1.41. The number of thiophene rings is 1. The van der Waals surface area contributed by atoms with Crippen LogP contribution in [0.25, 0.3) is 47.7 Å². The minimum absolute atomic E-state index is 0.275. The Morgan fingerprint density at radius 2 is 1.43 bits per heavy atom. The van der Waals surface area contributed by atoms with Gasteiger partial charge in [-0.1, -0.05) is 127 Å². The van der Waals surface area contributed by atoms with Crippen LogP contribution in [0.5, 0.6) is 0 Å². The molecule has 0 bridgehead atoms. The van der Waals surface area contributed by atoms with Crippen LogP contribution in [0.15, 0.2) is 168 Å².